The highest BCUT2D eigenvalue weighted by molar-refractivity contribution is 14.1. The molecule has 0 N–H and O–H groups in total. The first-order chi connectivity index (χ1) is 8.81. The Morgan fingerprint density at radius 3 is 2.74 bits per heavy atom. The van der Waals surface area contributed by atoms with Gasteiger partial charge in [0, 0.05) is 3.58 Å². The second kappa shape index (κ2) is 4.93. The zero-order valence-electron chi connectivity index (χ0n) is 10.9. The number of hydrogen-bond acceptors (Lipinski definition) is 4. The van der Waals surface area contributed by atoms with Gasteiger partial charge in [0.05, 0.1) is 5.69 Å². The van der Waals surface area contributed by atoms with Crippen LogP contribution in [0.2, 0.25) is 0 Å². The van der Waals surface area contributed by atoms with Crippen molar-refractivity contribution >= 4 is 32.1 Å². The molecule has 19 heavy (non-hydrogen) atoms. The van der Waals surface area contributed by atoms with Gasteiger partial charge in [0.2, 0.25) is 0 Å². The number of halogens is 1. The number of carbonyl (C=O) groups is 1. The van der Waals surface area contributed by atoms with Crippen LogP contribution in [-0.4, -0.2) is 16.6 Å². The summed E-state index contributed by atoms with van der Waals surface area (Å²) in [6, 6.07) is 5.40. The highest BCUT2D eigenvalue weighted by atomic mass is 127. The third-order valence-corrected chi connectivity index (χ3v) is 3.45. The summed E-state index contributed by atoms with van der Waals surface area (Å²) in [4.78, 5) is 16.4. The van der Waals surface area contributed by atoms with Crippen molar-refractivity contribution in [1.82, 2.24) is 4.98 Å². The Labute approximate surface area is 125 Å². The number of carbonyl (C=O) groups excluding carboxylic acids is 1. The quantitative estimate of drug-likeness (QED) is 0.564. The van der Waals surface area contributed by atoms with Crippen LogP contribution in [0, 0.1) is 11.3 Å². The molecule has 0 saturated heterocycles. The number of esters is 1. The second-order valence-electron chi connectivity index (χ2n) is 5.27. The number of pyridine rings is 1. The Morgan fingerprint density at radius 2 is 2.16 bits per heavy atom. The standard InChI is InChI=1S/C14H13IN2O2/c1-14(2,3)19-13(18)10-6-11(15)12-9(10)5-4-8(7-16)17-12/h4-6,10H,1-3H3. The lowest BCUT2D eigenvalue weighted by atomic mass is 10.0. The predicted octanol–water partition coefficient (Wildman–Crippen LogP) is 3.17. The van der Waals surface area contributed by atoms with Crippen LogP contribution < -0.4 is 0 Å². The molecule has 1 aliphatic rings. The van der Waals surface area contributed by atoms with Gasteiger partial charge >= 0.3 is 5.97 Å². The van der Waals surface area contributed by atoms with E-state index in [1.165, 1.54) is 0 Å². The van der Waals surface area contributed by atoms with E-state index in [9.17, 15) is 4.79 Å². The molecule has 1 atom stereocenters. The van der Waals surface area contributed by atoms with E-state index in [1.54, 1.807) is 12.1 Å². The van der Waals surface area contributed by atoms with Gasteiger partial charge in [-0.2, -0.15) is 5.26 Å². The summed E-state index contributed by atoms with van der Waals surface area (Å²) in [6.07, 6.45) is 1.83. The molecule has 5 heteroatoms. The summed E-state index contributed by atoms with van der Waals surface area (Å²) in [5, 5.41) is 8.86. The lowest BCUT2D eigenvalue weighted by molar-refractivity contribution is -0.155. The lowest BCUT2D eigenvalue weighted by Crippen LogP contribution is -2.26. The van der Waals surface area contributed by atoms with Crippen molar-refractivity contribution in [3.05, 3.63) is 35.2 Å². The van der Waals surface area contributed by atoms with E-state index >= 15 is 0 Å². The molecule has 0 spiro atoms. The molecule has 4 nitrogen and oxygen atoms in total. The van der Waals surface area contributed by atoms with Crippen LogP contribution in [0.5, 0.6) is 0 Å². The Kier molecular flexibility index (Phi) is 3.63. The van der Waals surface area contributed by atoms with Crippen LogP contribution in [0.25, 0.3) is 3.58 Å². The van der Waals surface area contributed by atoms with Crippen LogP contribution in [-0.2, 0) is 9.53 Å². The molecule has 0 bridgehead atoms. The Balaban J connectivity index is 2.35. The molecule has 0 saturated carbocycles. The van der Waals surface area contributed by atoms with E-state index < -0.39 is 11.5 Å². The van der Waals surface area contributed by atoms with Crippen LogP contribution in [0.1, 0.15) is 43.6 Å². The molecule has 2 rings (SSSR count). The smallest absolute Gasteiger partial charge is 0.317 e. The summed E-state index contributed by atoms with van der Waals surface area (Å²) >= 11 is 2.12. The SMILES string of the molecule is CC(C)(C)OC(=O)C1C=C(I)c2nc(C#N)ccc21. The van der Waals surface area contributed by atoms with Crippen molar-refractivity contribution in [2.45, 2.75) is 32.3 Å². The molecule has 0 radical (unpaired) electrons. The summed E-state index contributed by atoms with van der Waals surface area (Å²) in [6.45, 7) is 5.52. The number of rotatable bonds is 1. The Morgan fingerprint density at radius 1 is 1.47 bits per heavy atom. The van der Waals surface area contributed by atoms with Crippen LogP contribution in [0.15, 0.2) is 18.2 Å². The highest BCUT2D eigenvalue weighted by Gasteiger charge is 2.32. The summed E-state index contributed by atoms with van der Waals surface area (Å²) in [5.41, 5.74) is 1.35. The first-order valence-corrected chi connectivity index (χ1v) is 6.91. The average molecular weight is 368 g/mol. The number of hydrogen-bond donors (Lipinski definition) is 0. The molecule has 98 valence electrons. The van der Waals surface area contributed by atoms with Gasteiger partial charge in [-0.25, -0.2) is 4.98 Å². The fourth-order valence-corrected chi connectivity index (χ4v) is 2.64. The molecule has 0 amide bonds. The minimum absolute atomic E-state index is 0.285. The van der Waals surface area contributed by atoms with Crippen molar-refractivity contribution < 1.29 is 9.53 Å². The first-order valence-electron chi connectivity index (χ1n) is 5.83. The van der Waals surface area contributed by atoms with Gasteiger partial charge in [-0.3, -0.25) is 4.79 Å². The topological polar surface area (TPSA) is 63.0 Å². The molecule has 1 aromatic rings. The third kappa shape index (κ3) is 2.95. The van der Waals surface area contributed by atoms with Crippen molar-refractivity contribution in [2.75, 3.05) is 0 Å². The van der Waals surface area contributed by atoms with E-state index in [2.05, 4.69) is 27.6 Å². The van der Waals surface area contributed by atoms with Gasteiger partial charge in [0.1, 0.15) is 23.3 Å². The number of ether oxygens (including phenoxy) is 1. The molecule has 0 aliphatic heterocycles. The van der Waals surface area contributed by atoms with E-state index in [-0.39, 0.29) is 5.97 Å². The van der Waals surface area contributed by atoms with E-state index in [0.717, 1.165) is 9.14 Å². The van der Waals surface area contributed by atoms with Gasteiger partial charge < -0.3 is 4.74 Å². The molecule has 1 aliphatic carbocycles. The lowest BCUT2D eigenvalue weighted by Gasteiger charge is -2.21. The maximum atomic E-state index is 12.2. The molecule has 1 heterocycles. The summed E-state index contributed by atoms with van der Waals surface area (Å²) < 4.78 is 6.28. The monoisotopic (exact) mass is 368 g/mol. The Hall–Kier alpha value is -1.42. The minimum atomic E-state index is -0.515. The predicted molar refractivity (Wildman–Crippen MR) is 79.5 cm³/mol. The van der Waals surface area contributed by atoms with Crippen LogP contribution in [0.3, 0.4) is 0 Å². The van der Waals surface area contributed by atoms with Gasteiger partial charge in [0.15, 0.2) is 0 Å². The van der Waals surface area contributed by atoms with Crippen molar-refractivity contribution in [3.63, 3.8) is 0 Å². The molecule has 0 fully saturated rings. The second-order valence-corrected chi connectivity index (χ2v) is 6.43. The molecule has 0 aromatic carbocycles. The fraction of sp³-hybridized carbons (Fsp3) is 0.357. The van der Waals surface area contributed by atoms with Gasteiger partial charge in [-0.05, 0) is 55.0 Å². The van der Waals surface area contributed by atoms with Crippen LogP contribution in [0.4, 0.5) is 0 Å². The Bertz CT molecular complexity index is 609. The first kappa shape index (κ1) is 14.0. The number of aromatic nitrogens is 1. The zero-order chi connectivity index (χ0) is 14.2. The number of fused-ring (bicyclic) bond motifs is 1. The number of nitrogens with zero attached hydrogens (tertiary/aromatic N) is 2. The molecular formula is C14H13IN2O2. The maximum absolute atomic E-state index is 12.2. The largest absolute Gasteiger partial charge is 0.459 e. The van der Waals surface area contributed by atoms with Gasteiger partial charge in [0.25, 0.3) is 0 Å². The minimum Gasteiger partial charge on any atom is -0.459 e. The normalized spacial score (nSPS) is 17.4. The maximum Gasteiger partial charge on any atom is 0.317 e. The summed E-state index contributed by atoms with van der Waals surface area (Å²) in [5.74, 6) is -0.715. The van der Waals surface area contributed by atoms with Crippen molar-refractivity contribution in [3.8, 4) is 6.07 Å². The van der Waals surface area contributed by atoms with Crippen molar-refractivity contribution in [2.24, 2.45) is 0 Å². The molecular weight excluding hydrogens is 355 g/mol. The average Bonchev–Trinajstić information content (AvgIpc) is 2.64. The van der Waals surface area contributed by atoms with Crippen molar-refractivity contribution in [1.29, 1.82) is 5.26 Å². The van der Waals surface area contributed by atoms with Crippen LogP contribution >= 0.6 is 22.6 Å². The third-order valence-electron chi connectivity index (χ3n) is 2.58. The fourth-order valence-electron chi connectivity index (χ4n) is 1.85. The van der Waals surface area contributed by atoms with Gasteiger partial charge in [-0.1, -0.05) is 12.1 Å². The molecule has 1 aromatic heterocycles. The summed E-state index contributed by atoms with van der Waals surface area (Å²) in [7, 11) is 0. The highest BCUT2D eigenvalue weighted by Crippen LogP contribution is 2.39. The van der Waals surface area contributed by atoms with E-state index in [1.807, 2.05) is 32.9 Å². The van der Waals surface area contributed by atoms with E-state index in [4.69, 9.17) is 10.00 Å². The van der Waals surface area contributed by atoms with Gasteiger partial charge in [-0.15, -0.1) is 0 Å². The number of nitriles is 1. The zero-order valence-corrected chi connectivity index (χ0v) is 13.1. The molecule has 1 unspecified atom stereocenters. The van der Waals surface area contributed by atoms with E-state index in [0.29, 0.717) is 11.4 Å².